The quantitative estimate of drug-likeness (QED) is 0.649. The molecule has 2 nitrogen and oxygen atoms in total. The Morgan fingerprint density at radius 2 is 2.36 bits per heavy atom. The Kier molecular flexibility index (Phi) is 2.85. The van der Waals surface area contributed by atoms with E-state index in [4.69, 9.17) is 4.74 Å². The molecule has 0 bridgehead atoms. The molecule has 0 spiro atoms. The highest BCUT2D eigenvalue weighted by atomic mass is 16.5. The van der Waals surface area contributed by atoms with Crippen LogP contribution in [0.2, 0.25) is 0 Å². The van der Waals surface area contributed by atoms with Crippen LogP contribution in [0.5, 0.6) is 0 Å². The topological polar surface area (TPSA) is 29.5 Å². The lowest BCUT2D eigenvalue weighted by atomic mass is 10.0. The van der Waals surface area contributed by atoms with E-state index in [0.717, 1.165) is 6.42 Å². The normalized spacial score (nSPS) is 30.3. The van der Waals surface area contributed by atoms with Crippen LogP contribution in [-0.4, -0.2) is 24.4 Å². The van der Waals surface area contributed by atoms with Crippen molar-refractivity contribution in [1.82, 2.24) is 0 Å². The van der Waals surface area contributed by atoms with Crippen LogP contribution in [0.25, 0.3) is 0 Å². The predicted octanol–water partition coefficient (Wildman–Crippen LogP) is 1.27. The molecule has 0 amide bonds. The molecule has 1 N–H and O–H groups in total. The molecule has 2 unspecified atom stereocenters. The molecule has 0 saturated carbocycles. The molecular formula is C9H14O2. The highest BCUT2D eigenvalue weighted by molar-refractivity contribution is 5.26. The number of hydrogen-bond acceptors (Lipinski definition) is 2. The first-order valence-corrected chi connectivity index (χ1v) is 3.87. The van der Waals surface area contributed by atoms with E-state index >= 15 is 0 Å². The molecule has 0 aromatic carbocycles. The Bertz CT molecular complexity index is 182. The van der Waals surface area contributed by atoms with Gasteiger partial charge in [-0.2, -0.15) is 0 Å². The summed E-state index contributed by atoms with van der Waals surface area (Å²) < 4.78 is 5.01. The largest absolute Gasteiger partial charge is 0.386 e. The Hall–Kier alpha value is -0.600. The smallest absolute Gasteiger partial charge is 0.105 e. The summed E-state index contributed by atoms with van der Waals surface area (Å²) in [6, 6.07) is 0. The van der Waals surface area contributed by atoms with Crippen LogP contribution in [0.15, 0.2) is 23.8 Å². The number of hydrogen-bond donors (Lipinski definition) is 1. The first-order chi connectivity index (χ1) is 5.27. The van der Waals surface area contributed by atoms with Crippen LogP contribution in [0, 0.1) is 0 Å². The van der Waals surface area contributed by atoms with Gasteiger partial charge < -0.3 is 9.84 Å². The number of aliphatic hydroxyl groups is 1. The van der Waals surface area contributed by atoms with Gasteiger partial charge in [0.25, 0.3) is 0 Å². The van der Waals surface area contributed by atoms with Crippen molar-refractivity contribution in [3.8, 4) is 0 Å². The van der Waals surface area contributed by atoms with E-state index in [1.807, 2.05) is 18.2 Å². The van der Waals surface area contributed by atoms with E-state index in [-0.39, 0.29) is 6.10 Å². The van der Waals surface area contributed by atoms with Gasteiger partial charge in [-0.1, -0.05) is 25.2 Å². The SMILES string of the molecule is CCC1=CC(O)C(OC)C=C1. The predicted molar refractivity (Wildman–Crippen MR) is 44.3 cm³/mol. The van der Waals surface area contributed by atoms with Gasteiger partial charge in [0.05, 0.1) is 0 Å². The van der Waals surface area contributed by atoms with Crippen LogP contribution in [0.3, 0.4) is 0 Å². The Morgan fingerprint density at radius 3 is 2.82 bits per heavy atom. The third-order valence-corrected chi connectivity index (χ3v) is 1.90. The van der Waals surface area contributed by atoms with Gasteiger partial charge in [-0.25, -0.2) is 0 Å². The zero-order valence-corrected chi connectivity index (χ0v) is 6.95. The fourth-order valence-corrected chi connectivity index (χ4v) is 1.16. The molecular weight excluding hydrogens is 140 g/mol. The number of rotatable bonds is 2. The molecule has 2 atom stereocenters. The first-order valence-electron chi connectivity index (χ1n) is 3.87. The molecule has 0 aromatic heterocycles. The maximum absolute atomic E-state index is 9.42. The summed E-state index contributed by atoms with van der Waals surface area (Å²) in [5.41, 5.74) is 1.17. The average molecular weight is 154 g/mol. The van der Waals surface area contributed by atoms with Crippen molar-refractivity contribution >= 4 is 0 Å². The lowest BCUT2D eigenvalue weighted by Gasteiger charge is -2.19. The molecule has 0 fully saturated rings. The van der Waals surface area contributed by atoms with Gasteiger partial charge in [0.15, 0.2) is 0 Å². The van der Waals surface area contributed by atoms with Crippen molar-refractivity contribution in [2.24, 2.45) is 0 Å². The summed E-state index contributed by atoms with van der Waals surface area (Å²) >= 11 is 0. The van der Waals surface area contributed by atoms with Gasteiger partial charge in [0, 0.05) is 7.11 Å². The monoisotopic (exact) mass is 154 g/mol. The van der Waals surface area contributed by atoms with Crippen LogP contribution < -0.4 is 0 Å². The summed E-state index contributed by atoms with van der Waals surface area (Å²) in [7, 11) is 1.60. The Morgan fingerprint density at radius 1 is 1.64 bits per heavy atom. The maximum Gasteiger partial charge on any atom is 0.105 e. The number of allylic oxidation sites excluding steroid dienone is 2. The van der Waals surface area contributed by atoms with Gasteiger partial charge >= 0.3 is 0 Å². The second kappa shape index (κ2) is 3.69. The van der Waals surface area contributed by atoms with E-state index in [1.54, 1.807) is 7.11 Å². The molecule has 1 aliphatic carbocycles. The molecule has 1 aliphatic rings. The van der Waals surface area contributed by atoms with Crippen molar-refractivity contribution in [1.29, 1.82) is 0 Å². The standard InChI is InChI=1S/C9H14O2/c1-3-7-4-5-9(11-2)8(10)6-7/h4-6,8-10H,3H2,1-2H3. The van der Waals surface area contributed by atoms with Crippen LogP contribution in [-0.2, 0) is 4.74 Å². The molecule has 1 rings (SSSR count). The first kappa shape index (κ1) is 8.50. The van der Waals surface area contributed by atoms with Gasteiger partial charge in [-0.15, -0.1) is 0 Å². The molecule has 0 saturated heterocycles. The fourth-order valence-electron chi connectivity index (χ4n) is 1.16. The second-order valence-corrected chi connectivity index (χ2v) is 2.65. The summed E-state index contributed by atoms with van der Waals surface area (Å²) in [5.74, 6) is 0. The number of aliphatic hydroxyl groups excluding tert-OH is 1. The van der Waals surface area contributed by atoms with Crippen molar-refractivity contribution in [3.05, 3.63) is 23.8 Å². The van der Waals surface area contributed by atoms with Gasteiger partial charge in [-0.05, 0) is 12.0 Å². The third-order valence-electron chi connectivity index (χ3n) is 1.90. The summed E-state index contributed by atoms with van der Waals surface area (Å²) in [5, 5.41) is 9.42. The van der Waals surface area contributed by atoms with Crippen molar-refractivity contribution < 1.29 is 9.84 Å². The van der Waals surface area contributed by atoms with Crippen LogP contribution in [0.4, 0.5) is 0 Å². The minimum atomic E-state index is -0.472. The minimum Gasteiger partial charge on any atom is -0.386 e. The average Bonchev–Trinajstić information content (AvgIpc) is 2.04. The van der Waals surface area contributed by atoms with E-state index in [9.17, 15) is 5.11 Å². The van der Waals surface area contributed by atoms with Crippen molar-refractivity contribution in [3.63, 3.8) is 0 Å². The molecule has 0 aromatic rings. The molecule has 2 heteroatoms. The van der Waals surface area contributed by atoms with Gasteiger partial charge in [-0.3, -0.25) is 0 Å². The highest BCUT2D eigenvalue weighted by Crippen LogP contribution is 2.15. The van der Waals surface area contributed by atoms with Crippen LogP contribution >= 0.6 is 0 Å². The summed E-state index contributed by atoms with van der Waals surface area (Å²) in [6.45, 7) is 2.07. The summed E-state index contributed by atoms with van der Waals surface area (Å²) in [4.78, 5) is 0. The van der Waals surface area contributed by atoms with Crippen molar-refractivity contribution in [2.75, 3.05) is 7.11 Å². The molecule has 62 valence electrons. The lowest BCUT2D eigenvalue weighted by molar-refractivity contribution is 0.0410. The molecule has 0 aliphatic heterocycles. The highest BCUT2D eigenvalue weighted by Gasteiger charge is 2.16. The zero-order valence-electron chi connectivity index (χ0n) is 6.95. The van der Waals surface area contributed by atoms with E-state index in [2.05, 4.69) is 6.92 Å². The molecule has 0 heterocycles. The number of methoxy groups -OCH3 is 1. The van der Waals surface area contributed by atoms with E-state index in [1.165, 1.54) is 5.57 Å². The molecule has 0 radical (unpaired) electrons. The molecule has 11 heavy (non-hydrogen) atoms. The van der Waals surface area contributed by atoms with Crippen LogP contribution in [0.1, 0.15) is 13.3 Å². The fraction of sp³-hybridized carbons (Fsp3) is 0.556. The van der Waals surface area contributed by atoms with Crippen molar-refractivity contribution in [2.45, 2.75) is 25.6 Å². The summed E-state index contributed by atoms with van der Waals surface area (Å²) in [6.07, 6.45) is 6.06. The van der Waals surface area contributed by atoms with E-state index in [0.29, 0.717) is 0 Å². The Labute approximate surface area is 67.2 Å². The third kappa shape index (κ3) is 1.91. The second-order valence-electron chi connectivity index (χ2n) is 2.65. The van der Waals surface area contributed by atoms with Gasteiger partial charge in [0.1, 0.15) is 12.2 Å². The Balaban J connectivity index is 2.63. The van der Waals surface area contributed by atoms with Gasteiger partial charge in [0.2, 0.25) is 0 Å². The van der Waals surface area contributed by atoms with E-state index < -0.39 is 6.10 Å². The minimum absolute atomic E-state index is 0.162. The maximum atomic E-state index is 9.42. The zero-order chi connectivity index (χ0) is 8.27. The lowest BCUT2D eigenvalue weighted by Crippen LogP contribution is -2.26. The number of ether oxygens (including phenoxy) is 1.